The van der Waals surface area contributed by atoms with Crippen molar-refractivity contribution < 1.29 is 31.6 Å². The van der Waals surface area contributed by atoms with E-state index in [1.165, 1.54) is 38.5 Å². The fraction of sp³-hybridized carbons (Fsp3) is 0.188. The maximum atomic E-state index is 12.4. The van der Waals surface area contributed by atoms with E-state index in [0.717, 1.165) is 12.1 Å². The monoisotopic (exact) mass is 373 g/mol. The van der Waals surface area contributed by atoms with Crippen LogP contribution in [0.1, 0.15) is 10.4 Å². The average Bonchev–Trinajstić information content (AvgIpc) is 2.60. The topological polar surface area (TPSA) is 64.6 Å². The van der Waals surface area contributed by atoms with Gasteiger partial charge >= 0.3 is 5.51 Å². The van der Waals surface area contributed by atoms with Gasteiger partial charge in [-0.1, -0.05) is 0 Å². The molecule has 0 heterocycles. The molecule has 0 aliphatic heterocycles. The first-order chi connectivity index (χ1) is 11.8. The van der Waals surface area contributed by atoms with E-state index < -0.39 is 27.1 Å². The maximum Gasteiger partial charge on any atom is 0.475 e. The molecule has 2 aromatic carbocycles. The van der Waals surface area contributed by atoms with Crippen LogP contribution >= 0.6 is 0 Å². The van der Waals surface area contributed by atoms with E-state index in [0.29, 0.717) is 5.75 Å². The highest BCUT2D eigenvalue weighted by atomic mass is 32.2. The third kappa shape index (κ3) is 4.50. The molecule has 5 nitrogen and oxygen atoms in total. The highest BCUT2D eigenvalue weighted by Crippen LogP contribution is 2.28. The Morgan fingerprint density at radius 3 is 2.20 bits per heavy atom. The van der Waals surface area contributed by atoms with Crippen LogP contribution in [-0.4, -0.2) is 29.8 Å². The predicted molar refractivity (Wildman–Crippen MR) is 86.4 cm³/mol. The molecule has 0 bridgehead atoms. The summed E-state index contributed by atoms with van der Waals surface area (Å²) in [5.41, 5.74) is -4.35. The molecular weight excluding hydrogens is 359 g/mol. The van der Waals surface area contributed by atoms with Crippen LogP contribution < -0.4 is 14.8 Å². The number of alkyl halides is 3. The van der Waals surface area contributed by atoms with Crippen molar-refractivity contribution in [3.05, 3.63) is 48.0 Å². The van der Waals surface area contributed by atoms with Crippen LogP contribution in [0, 0.1) is 0 Å². The summed E-state index contributed by atoms with van der Waals surface area (Å²) in [5.74, 6) is 0.281. The van der Waals surface area contributed by atoms with Crippen LogP contribution in [0.3, 0.4) is 0 Å². The van der Waals surface area contributed by atoms with E-state index in [1.807, 2.05) is 0 Å². The molecule has 1 atom stereocenters. The number of carbonyl (C=O) groups excluding carboxylic acids is 1. The zero-order valence-electron chi connectivity index (χ0n) is 13.2. The summed E-state index contributed by atoms with van der Waals surface area (Å²) in [7, 11) is -0.244. The fourth-order valence-corrected chi connectivity index (χ4v) is 2.63. The zero-order valence-corrected chi connectivity index (χ0v) is 14.0. The number of anilines is 1. The SMILES string of the molecule is COc1ccc(C(=O)Nc2ccc(S(=O)C(F)(F)F)cc2)c(OC)c1. The Labute approximate surface area is 144 Å². The van der Waals surface area contributed by atoms with Crippen LogP contribution in [-0.2, 0) is 10.8 Å². The highest BCUT2D eigenvalue weighted by molar-refractivity contribution is 7.86. The summed E-state index contributed by atoms with van der Waals surface area (Å²) in [4.78, 5) is 11.9. The number of benzene rings is 2. The quantitative estimate of drug-likeness (QED) is 0.870. The van der Waals surface area contributed by atoms with Gasteiger partial charge in [-0.15, -0.1) is 0 Å². The van der Waals surface area contributed by atoms with Gasteiger partial charge in [-0.05, 0) is 36.4 Å². The molecule has 0 fully saturated rings. The van der Waals surface area contributed by atoms with Gasteiger partial charge in [0.1, 0.15) is 11.5 Å². The van der Waals surface area contributed by atoms with E-state index in [4.69, 9.17) is 9.47 Å². The lowest BCUT2D eigenvalue weighted by Gasteiger charge is -2.11. The first-order valence-electron chi connectivity index (χ1n) is 6.88. The Balaban J connectivity index is 2.17. The first kappa shape index (κ1) is 18.8. The van der Waals surface area contributed by atoms with Crippen molar-refractivity contribution in [2.45, 2.75) is 10.4 Å². The van der Waals surface area contributed by atoms with Gasteiger partial charge in [0.15, 0.2) is 10.8 Å². The summed E-state index contributed by atoms with van der Waals surface area (Å²) in [6.45, 7) is 0. The van der Waals surface area contributed by atoms with Gasteiger partial charge in [0.2, 0.25) is 0 Å². The molecule has 2 rings (SSSR count). The standard InChI is InChI=1S/C16H14F3NO4S/c1-23-11-5-8-13(14(9-11)24-2)15(21)20-10-3-6-12(7-4-10)25(22)16(17,18)19/h3-9H,1-2H3,(H,20,21). The van der Waals surface area contributed by atoms with Gasteiger partial charge < -0.3 is 14.8 Å². The Morgan fingerprint density at radius 1 is 1.04 bits per heavy atom. The molecular formula is C16H14F3NO4S. The zero-order chi connectivity index (χ0) is 18.6. The number of carbonyl (C=O) groups is 1. The lowest BCUT2D eigenvalue weighted by Crippen LogP contribution is -2.16. The number of amides is 1. The molecule has 0 aliphatic rings. The number of methoxy groups -OCH3 is 2. The fourth-order valence-electron chi connectivity index (χ4n) is 1.98. The van der Waals surface area contributed by atoms with Crippen molar-refractivity contribution in [2.75, 3.05) is 19.5 Å². The van der Waals surface area contributed by atoms with Gasteiger partial charge in [-0.3, -0.25) is 4.79 Å². The molecule has 0 radical (unpaired) electrons. The molecule has 9 heteroatoms. The number of ether oxygens (including phenoxy) is 2. The molecule has 1 unspecified atom stereocenters. The minimum atomic E-state index is -4.83. The summed E-state index contributed by atoms with van der Waals surface area (Å²) in [5, 5.41) is 2.54. The predicted octanol–water partition coefficient (Wildman–Crippen LogP) is 3.58. The number of rotatable bonds is 5. The maximum absolute atomic E-state index is 12.4. The molecule has 1 amide bonds. The van der Waals surface area contributed by atoms with Gasteiger partial charge in [-0.25, -0.2) is 4.21 Å². The third-order valence-electron chi connectivity index (χ3n) is 3.19. The summed E-state index contributed by atoms with van der Waals surface area (Å²) in [6.07, 6.45) is 0. The molecule has 25 heavy (non-hydrogen) atoms. The Morgan fingerprint density at radius 2 is 1.68 bits per heavy atom. The van der Waals surface area contributed by atoms with Crippen molar-refractivity contribution in [3.63, 3.8) is 0 Å². The normalized spacial score (nSPS) is 12.4. The van der Waals surface area contributed by atoms with Gasteiger partial charge in [0, 0.05) is 16.6 Å². The van der Waals surface area contributed by atoms with Gasteiger partial charge in [0.25, 0.3) is 5.91 Å². The van der Waals surface area contributed by atoms with Crippen molar-refractivity contribution in [1.29, 1.82) is 0 Å². The third-order valence-corrected chi connectivity index (χ3v) is 4.31. The summed E-state index contributed by atoms with van der Waals surface area (Å²) < 4.78 is 58.7. The lowest BCUT2D eigenvalue weighted by atomic mass is 10.1. The molecule has 0 aromatic heterocycles. The summed E-state index contributed by atoms with van der Waals surface area (Å²) in [6, 6.07) is 9.19. The van der Waals surface area contributed by atoms with Crippen LogP contribution in [0.5, 0.6) is 11.5 Å². The first-order valence-corrected chi connectivity index (χ1v) is 8.03. The van der Waals surface area contributed by atoms with Crippen LogP contribution in [0.4, 0.5) is 18.9 Å². The van der Waals surface area contributed by atoms with Crippen molar-refractivity contribution in [1.82, 2.24) is 0 Å². The van der Waals surface area contributed by atoms with E-state index >= 15 is 0 Å². The number of halogens is 3. The molecule has 134 valence electrons. The highest BCUT2D eigenvalue weighted by Gasteiger charge is 2.37. The van der Waals surface area contributed by atoms with Gasteiger partial charge in [-0.2, -0.15) is 13.2 Å². The minimum absolute atomic E-state index is 0.228. The average molecular weight is 373 g/mol. The van der Waals surface area contributed by atoms with Crippen LogP contribution in [0.25, 0.3) is 0 Å². The van der Waals surface area contributed by atoms with Gasteiger partial charge in [0.05, 0.1) is 19.8 Å². The molecule has 0 saturated carbocycles. The van der Waals surface area contributed by atoms with Crippen molar-refractivity contribution in [2.24, 2.45) is 0 Å². The van der Waals surface area contributed by atoms with Crippen LogP contribution in [0.2, 0.25) is 0 Å². The molecule has 1 N–H and O–H groups in total. The Hall–Kier alpha value is -2.55. The number of hydrogen-bond donors (Lipinski definition) is 1. The lowest BCUT2D eigenvalue weighted by molar-refractivity contribution is -0.0384. The van der Waals surface area contributed by atoms with E-state index in [2.05, 4.69) is 5.32 Å². The minimum Gasteiger partial charge on any atom is -0.497 e. The van der Waals surface area contributed by atoms with E-state index in [9.17, 15) is 22.2 Å². The van der Waals surface area contributed by atoms with Crippen molar-refractivity contribution in [3.8, 4) is 11.5 Å². The second kappa shape index (κ2) is 7.56. The molecule has 0 saturated heterocycles. The van der Waals surface area contributed by atoms with Crippen LogP contribution in [0.15, 0.2) is 47.4 Å². The Kier molecular flexibility index (Phi) is 5.68. The number of nitrogens with one attached hydrogen (secondary N) is 1. The Bertz CT molecular complexity index is 791. The van der Waals surface area contributed by atoms with Crippen molar-refractivity contribution >= 4 is 22.4 Å². The number of hydrogen-bond acceptors (Lipinski definition) is 4. The van der Waals surface area contributed by atoms with E-state index in [-0.39, 0.29) is 17.0 Å². The molecule has 0 aliphatic carbocycles. The van der Waals surface area contributed by atoms with E-state index in [1.54, 1.807) is 6.07 Å². The largest absolute Gasteiger partial charge is 0.497 e. The molecule has 0 spiro atoms. The second-order valence-electron chi connectivity index (χ2n) is 4.76. The smallest absolute Gasteiger partial charge is 0.475 e. The molecule has 2 aromatic rings. The second-order valence-corrected chi connectivity index (χ2v) is 6.23. The summed E-state index contributed by atoms with van der Waals surface area (Å²) >= 11 is 0.